The zero-order chi connectivity index (χ0) is 21.3. The molecule has 0 saturated heterocycles. The fourth-order valence-corrected chi connectivity index (χ4v) is 4.07. The number of amides is 1. The summed E-state index contributed by atoms with van der Waals surface area (Å²) in [5, 5.41) is 5.08. The van der Waals surface area contributed by atoms with E-state index in [1.54, 1.807) is 42.5 Å². The molecule has 0 saturated carbocycles. The maximum absolute atomic E-state index is 12.6. The van der Waals surface area contributed by atoms with E-state index < -0.39 is 10.0 Å². The molecule has 2 heterocycles. The van der Waals surface area contributed by atoms with E-state index in [-0.39, 0.29) is 5.91 Å². The summed E-state index contributed by atoms with van der Waals surface area (Å²) in [4.78, 5) is 17.0. The number of carbonyl (C=O) groups is 1. The van der Waals surface area contributed by atoms with Gasteiger partial charge in [0.2, 0.25) is 10.0 Å². The van der Waals surface area contributed by atoms with Crippen molar-refractivity contribution in [2.24, 2.45) is 0 Å². The van der Waals surface area contributed by atoms with Crippen LogP contribution in [0.4, 0.5) is 10.8 Å². The molecule has 0 spiro atoms. The van der Waals surface area contributed by atoms with E-state index in [2.05, 4.69) is 10.3 Å². The molecule has 2 aromatic carbocycles. The normalized spacial score (nSPS) is 13.0. The largest absolute Gasteiger partial charge is 0.486 e. The first-order valence-corrected chi connectivity index (χ1v) is 11.7. The highest BCUT2D eigenvalue weighted by molar-refractivity contribution is 7.92. The number of thiazole rings is 1. The second kappa shape index (κ2) is 7.96. The van der Waals surface area contributed by atoms with Gasteiger partial charge in [0.1, 0.15) is 13.2 Å². The fraction of sp³-hybridized carbons (Fsp3) is 0.200. The van der Waals surface area contributed by atoms with Crippen LogP contribution in [0.3, 0.4) is 0 Å². The van der Waals surface area contributed by atoms with Gasteiger partial charge in [0.25, 0.3) is 5.91 Å². The van der Waals surface area contributed by atoms with Crippen molar-refractivity contribution in [1.29, 1.82) is 0 Å². The smallest absolute Gasteiger partial charge is 0.257 e. The van der Waals surface area contributed by atoms with Crippen LogP contribution in [0.15, 0.2) is 47.8 Å². The molecular weight excluding hydrogens is 426 g/mol. The van der Waals surface area contributed by atoms with Crippen LogP contribution in [-0.4, -0.2) is 45.8 Å². The molecule has 1 aliphatic rings. The molecule has 1 amide bonds. The summed E-state index contributed by atoms with van der Waals surface area (Å²) >= 11 is 1.31. The monoisotopic (exact) mass is 445 g/mol. The Morgan fingerprint density at radius 2 is 1.80 bits per heavy atom. The van der Waals surface area contributed by atoms with Crippen LogP contribution in [0, 0.1) is 0 Å². The van der Waals surface area contributed by atoms with Gasteiger partial charge >= 0.3 is 0 Å². The van der Waals surface area contributed by atoms with E-state index in [4.69, 9.17) is 9.47 Å². The molecule has 1 aliphatic heterocycles. The number of nitrogens with zero attached hydrogens (tertiary/aromatic N) is 2. The molecule has 0 aliphatic carbocycles. The first-order chi connectivity index (χ1) is 14.3. The first-order valence-electron chi connectivity index (χ1n) is 9.02. The van der Waals surface area contributed by atoms with Crippen LogP contribution < -0.4 is 19.1 Å². The van der Waals surface area contributed by atoms with Crippen molar-refractivity contribution in [3.63, 3.8) is 0 Å². The quantitative estimate of drug-likeness (QED) is 0.648. The lowest BCUT2D eigenvalue weighted by Crippen LogP contribution is -2.24. The summed E-state index contributed by atoms with van der Waals surface area (Å²) in [7, 11) is -1.82. The number of hydrogen-bond acceptors (Lipinski definition) is 7. The minimum Gasteiger partial charge on any atom is -0.486 e. The van der Waals surface area contributed by atoms with Crippen LogP contribution in [0.25, 0.3) is 11.3 Å². The Morgan fingerprint density at radius 1 is 1.10 bits per heavy atom. The summed E-state index contributed by atoms with van der Waals surface area (Å²) in [5.74, 6) is 0.880. The molecule has 1 aromatic heterocycles. The molecule has 0 atom stereocenters. The van der Waals surface area contributed by atoms with Gasteiger partial charge in [-0.05, 0) is 30.3 Å². The summed E-state index contributed by atoms with van der Waals surface area (Å²) in [6.45, 7) is 0.943. The Labute approximate surface area is 178 Å². The van der Waals surface area contributed by atoms with Crippen molar-refractivity contribution in [3.8, 4) is 22.8 Å². The molecule has 1 N–H and O–H groups in total. The number of fused-ring (bicyclic) bond motifs is 1. The third kappa shape index (κ3) is 4.24. The summed E-state index contributed by atoms with van der Waals surface area (Å²) in [6.07, 6.45) is 1.15. The number of benzene rings is 2. The highest BCUT2D eigenvalue weighted by Gasteiger charge is 2.16. The van der Waals surface area contributed by atoms with E-state index in [0.29, 0.717) is 46.8 Å². The van der Waals surface area contributed by atoms with E-state index in [1.165, 1.54) is 22.7 Å². The third-order valence-electron chi connectivity index (χ3n) is 4.55. The van der Waals surface area contributed by atoms with Crippen molar-refractivity contribution in [2.45, 2.75) is 0 Å². The fourth-order valence-electron chi connectivity index (χ4n) is 2.85. The molecule has 8 nitrogen and oxygen atoms in total. The predicted molar refractivity (Wildman–Crippen MR) is 116 cm³/mol. The van der Waals surface area contributed by atoms with Crippen LogP contribution in [0.2, 0.25) is 0 Å². The van der Waals surface area contributed by atoms with E-state index in [0.717, 1.165) is 11.8 Å². The maximum Gasteiger partial charge on any atom is 0.257 e. The maximum atomic E-state index is 12.6. The number of hydrogen-bond donors (Lipinski definition) is 1. The number of carbonyl (C=O) groups excluding carboxylic acids is 1. The average molecular weight is 446 g/mol. The van der Waals surface area contributed by atoms with Crippen molar-refractivity contribution < 1.29 is 22.7 Å². The highest BCUT2D eigenvalue weighted by Crippen LogP contribution is 2.31. The van der Waals surface area contributed by atoms with E-state index in [9.17, 15) is 13.2 Å². The van der Waals surface area contributed by atoms with Crippen molar-refractivity contribution >= 4 is 38.1 Å². The van der Waals surface area contributed by atoms with Gasteiger partial charge in [-0.3, -0.25) is 14.4 Å². The number of nitrogens with one attached hydrogen (secondary N) is 1. The zero-order valence-corrected chi connectivity index (χ0v) is 17.9. The van der Waals surface area contributed by atoms with Crippen molar-refractivity contribution in [1.82, 2.24) is 4.98 Å². The lowest BCUT2D eigenvalue weighted by Gasteiger charge is -2.18. The molecule has 0 fully saturated rings. The number of ether oxygens (including phenoxy) is 2. The number of anilines is 2. The average Bonchev–Trinajstić information content (AvgIpc) is 3.20. The second-order valence-electron chi connectivity index (χ2n) is 6.63. The van der Waals surface area contributed by atoms with Gasteiger partial charge in [0.05, 0.1) is 17.6 Å². The Bertz CT molecular complexity index is 1190. The van der Waals surface area contributed by atoms with Crippen molar-refractivity contribution in [3.05, 3.63) is 53.4 Å². The minimum absolute atomic E-state index is 0.294. The van der Waals surface area contributed by atoms with Gasteiger partial charge in [0, 0.05) is 23.6 Å². The summed E-state index contributed by atoms with van der Waals surface area (Å²) in [5.41, 5.74) is 2.51. The van der Waals surface area contributed by atoms with Gasteiger partial charge in [-0.15, -0.1) is 11.3 Å². The number of rotatable bonds is 5. The minimum atomic E-state index is -3.32. The highest BCUT2D eigenvalue weighted by atomic mass is 32.2. The van der Waals surface area contributed by atoms with Crippen molar-refractivity contribution in [2.75, 3.05) is 36.1 Å². The second-order valence-corrected chi connectivity index (χ2v) is 9.50. The molecule has 3 aromatic rings. The van der Waals surface area contributed by atoms with Gasteiger partial charge in [-0.2, -0.15) is 0 Å². The van der Waals surface area contributed by atoms with E-state index in [1.807, 2.05) is 5.38 Å². The van der Waals surface area contributed by atoms with Gasteiger partial charge in [-0.25, -0.2) is 13.4 Å². The molecule has 0 bridgehead atoms. The third-order valence-corrected chi connectivity index (χ3v) is 6.52. The lowest BCUT2D eigenvalue weighted by atomic mass is 10.1. The van der Waals surface area contributed by atoms with Crippen LogP contribution in [0.1, 0.15) is 10.4 Å². The SMILES string of the molecule is CN(c1ccc(-c2csc(NC(=O)c3ccc4c(c3)OCCO4)n2)cc1)S(C)(=O)=O. The topological polar surface area (TPSA) is 97.8 Å². The Hall–Kier alpha value is -3.11. The standard InChI is InChI=1S/C20H19N3O5S2/c1-23(30(2,25)26)15-6-3-13(4-7-15)16-12-29-20(21-16)22-19(24)14-5-8-17-18(11-14)28-10-9-27-17/h3-8,11-12H,9-10H2,1-2H3,(H,21,22,24). The molecule has 10 heteroatoms. The first kappa shape index (κ1) is 20.2. The molecule has 4 rings (SSSR count). The van der Waals surface area contributed by atoms with Gasteiger partial charge in [-0.1, -0.05) is 12.1 Å². The van der Waals surface area contributed by atoms with Gasteiger partial charge in [0.15, 0.2) is 16.6 Å². The number of sulfonamides is 1. The molecule has 30 heavy (non-hydrogen) atoms. The zero-order valence-electron chi connectivity index (χ0n) is 16.3. The molecular formula is C20H19N3O5S2. The lowest BCUT2D eigenvalue weighted by molar-refractivity contribution is 0.102. The number of aromatic nitrogens is 1. The Kier molecular flexibility index (Phi) is 5.35. The molecule has 0 unspecified atom stereocenters. The predicted octanol–water partition coefficient (Wildman–Crippen LogP) is 3.23. The van der Waals surface area contributed by atoms with Crippen LogP contribution in [0.5, 0.6) is 11.5 Å². The summed E-state index contributed by atoms with van der Waals surface area (Å²) in [6, 6.07) is 12.0. The van der Waals surface area contributed by atoms with Crippen LogP contribution >= 0.6 is 11.3 Å². The molecule has 0 radical (unpaired) electrons. The Balaban J connectivity index is 1.47. The van der Waals surface area contributed by atoms with Gasteiger partial charge < -0.3 is 9.47 Å². The Morgan fingerprint density at radius 3 is 2.50 bits per heavy atom. The van der Waals surface area contributed by atoms with E-state index >= 15 is 0 Å². The molecule has 156 valence electrons. The summed E-state index contributed by atoms with van der Waals surface area (Å²) < 4.78 is 35.5. The van der Waals surface area contributed by atoms with Crippen LogP contribution in [-0.2, 0) is 10.0 Å².